The minimum atomic E-state index is -4.65. The monoisotopic (exact) mass is 409 g/mol. The summed E-state index contributed by atoms with van der Waals surface area (Å²) in [5.74, 6) is 0.600. The first-order chi connectivity index (χ1) is 13.3. The SMILES string of the molecule is COc1cc(C#N)ccc1OCc1nnnn1-c1ccc(Cl)cc1C(F)(F)F. The van der Waals surface area contributed by atoms with Gasteiger partial charge in [-0.05, 0) is 40.8 Å². The van der Waals surface area contributed by atoms with Gasteiger partial charge in [-0.25, -0.2) is 0 Å². The molecule has 2 aromatic carbocycles. The van der Waals surface area contributed by atoms with Gasteiger partial charge in [0, 0.05) is 11.1 Å². The van der Waals surface area contributed by atoms with E-state index in [1.807, 2.05) is 6.07 Å². The van der Waals surface area contributed by atoms with Crippen LogP contribution in [0.2, 0.25) is 5.02 Å². The van der Waals surface area contributed by atoms with E-state index in [1.165, 1.54) is 37.4 Å². The highest BCUT2D eigenvalue weighted by Crippen LogP contribution is 2.35. The first kappa shape index (κ1) is 19.4. The summed E-state index contributed by atoms with van der Waals surface area (Å²) in [4.78, 5) is 0. The predicted octanol–water partition coefficient (Wildman–Crippen LogP) is 3.79. The summed E-state index contributed by atoms with van der Waals surface area (Å²) in [6, 6.07) is 9.74. The van der Waals surface area contributed by atoms with E-state index in [1.54, 1.807) is 0 Å². The second-order valence-electron chi connectivity index (χ2n) is 5.43. The Morgan fingerprint density at radius 3 is 2.64 bits per heavy atom. The Labute approximate surface area is 161 Å². The average Bonchev–Trinajstić information content (AvgIpc) is 3.13. The van der Waals surface area contributed by atoms with Crippen LogP contribution >= 0.6 is 11.6 Å². The molecule has 0 aliphatic heterocycles. The summed E-state index contributed by atoms with van der Waals surface area (Å²) in [7, 11) is 1.40. The molecule has 0 fully saturated rings. The fraction of sp³-hybridized carbons (Fsp3) is 0.176. The molecule has 0 aliphatic carbocycles. The maximum atomic E-state index is 13.4. The summed E-state index contributed by atoms with van der Waals surface area (Å²) >= 11 is 5.70. The van der Waals surface area contributed by atoms with Crippen LogP contribution in [-0.4, -0.2) is 27.3 Å². The quantitative estimate of drug-likeness (QED) is 0.637. The summed E-state index contributed by atoms with van der Waals surface area (Å²) in [6.45, 7) is -0.241. The van der Waals surface area contributed by atoms with Gasteiger partial charge in [0.1, 0.15) is 0 Å². The lowest BCUT2D eigenvalue weighted by Crippen LogP contribution is -2.14. The normalized spacial score (nSPS) is 11.1. The number of nitriles is 1. The number of nitrogens with zero attached hydrogens (tertiary/aromatic N) is 5. The number of methoxy groups -OCH3 is 1. The number of hydrogen-bond donors (Lipinski definition) is 0. The Morgan fingerprint density at radius 2 is 1.96 bits per heavy atom. The number of hydrogen-bond acceptors (Lipinski definition) is 6. The summed E-state index contributed by atoms with van der Waals surface area (Å²) in [6.07, 6.45) is -4.65. The number of ether oxygens (including phenoxy) is 2. The van der Waals surface area contributed by atoms with Crippen LogP contribution in [0.15, 0.2) is 36.4 Å². The molecule has 144 valence electrons. The van der Waals surface area contributed by atoms with Gasteiger partial charge in [-0.2, -0.15) is 23.1 Å². The first-order valence-electron chi connectivity index (χ1n) is 7.69. The Bertz CT molecular complexity index is 1050. The van der Waals surface area contributed by atoms with Crippen LogP contribution in [0, 0.1) is 11.3 Å². The third-order valence-corrected chi connectivity index (χ3v) is 3.91. The van der Waals surface area contributed by atoms with E-state index < -0.39 is 11.7 Å². The lowest BCUT2D eigenvalue weighted by molar-refractivity contribution is -0.137. The van der Waals surface area contributed by atoms with Crippen molar-refractivity contribution < 1.29 is 22.6 Å². The number of benzene rings is 2. The van der Waals surface area contributed by atoms with Crippen LogP contribution in [0.4, 0.5) is 13.2 Å². The third-order valence-electron chi connectivity index (χ3n) is 3.68. The predicted molar refractivity (Wildman–Crippen MR) is 91.2 cm³/mol. The first-order valence-corrected chi connectivity index (χ1v) is 8.06. The van der Waals surface area contributed by atoms with Crippen molar-refractivity contribution in [1.29, 1.82) is 5.26 Å². The van der Waals surface area contributed by atoms with E-state index in [-0.39, 0.29) is 28.9 Å². The van der Waals surface area contributed by atoms with Gasteiger partial charge in [0.15, 0.2) is 23.9 Å². The van der Waals surface area contributed by atoms with Crippen molar-refractivity contribution in [2.45, 2.75) is 12.8 Å². The summed E-state index contributed by atoms with van der Waals surface area (Å²) in [5.41, 5.74) is -0.901. The molecule has 0 saturated heterocycles. The average molecular weight is 410 g/mol. The Kier molecular flexibility index (Phi) is 5.37. The van der Waals surface area contributed by atoms with Gasteiger partial charge in [-0.15, -0.1) is 5.10 Å². The highest BCUT2D eigenvalue weighted by Gasteiger charge is 2.35. The van der Waals surface area contributed by atoms with Crippen molar-refractivity contribution in [2.75, 3.05) is 7.11 Å². The molecule has 0 atom stereocenters. The molecule has 28 heavy (non-hydrogen) atoms. The molecule has 0 unspecified atom stereocenters. The Morgan fingerprint density at radius 1 is 1.18 bits per heavy atom. The Balaban J connectivity index is 1.92. The number of rotatable bonds is 5. The molecule has 0 aliphatic rings. The fourth-order valence-electron chi connectivity index (χ4n) is 2.40. The molecule has 0 spiro atoms. The van der Waals surface area contributed by atoms with Crippen LogP contribution < -0.4 is 9.47 Å². The molecule has 0 radical (unpaired) electrons. The second-order valence-corrected chi connectivity index (χ2v) is 5.87. The van der Waals surface area contributed by atoms with Gasteiger partial charge in [-0.3, -0.25) is 0 Å². The number of alkyl halides is 3. The zero-order valence-electron chi connectivity index (χ0n) is 14.2. The summed E-state index contributed by atoms with van der Waals surface area (Å²) in [5, 5.41) is 19.7. The molecule has 0 amide bonds. The largest absolute Gasteiger partial charge is 0.493 e. The molecule has 0 N–H and O–H groups in total. The molecule has 3 rings (SSSR count). The van der Waals surface area contributed by atoms with Crippen molar-refractivity contribution in [1.82, 2.24) is 20.2 Å². The van der Waals surface area contributed by atoms with E-state index in [9.17, 15) is 13.2 Å². The maximum absolute atomic E-state index is 13.4. The second kappa shape index (κ2) is 7.74. The zero-order chi connectivity index (χ0) is 20.3. The lowest BCUT2D eigenvalue weighted by Gasteiger charge is -2.14. The minimum Gasteiger partial charge on any atom is -0.493 e. The van der Waals surface area contributed by atoms with Crippen molar-refractivity contribution >= 4 is 11.6 Å². The van der Waals surface area contributed by atoms with E-state index in [0.717, 1.165) is 10.7 Å². The van der Waals surface area contributed by atoms with Gasteiger partial charge >= 0.3 is 6.18 Å². The van der Waals surface area contributed by atoms with Crippen molar-refractivity contribution in [3.63, 3.8) is 0 Å². The highest BCUT2D eigenvalue weighted by atomic mass is 35.5. The molecule has 3 aromatic rings. The molecule has 0 bridgehead atoms. The third kappa shape index (κ3) is 3.99. The van der Waals surface area contributed by atoms with Gasteiger partial charge in [-0.1, -0.05) is 11.6 Å². The molecule has 1 aromatic heterocycles. The lowest BCUT2D eigenvalue weighted by atomic mass is 10.1. The molecule has 0 saturated carbocycles. The van der Waals surface area contributed by atoms with Crippen molar-refractivity contribution in [2.24, 2.45) is 0 Å². The highest BCUT2D eigenvalue weighted by molar-refractivity contribution is 6.30. The van der Waals surface area contributed by atoms with Crippen molar-refractivity contribution in [3.05, 3.63) is 58.4 Å². The van der Waals surface area contributed by atoms with E-state index in [2.05, 4.69) is 15.5 Å². The van der Waals surface area contributed by atoms with Crippen LogP contribution in [0.1, 0.15) is 17.0 Å². The van der Waals surface area contributed by atoms with Crippen LogP contribution in [0.25, 0.3) is 5.69 Å². The van der Waals surface area contributed by atoms with E-state index in [0.29, 0.717) is 11.3 Å². The van der Waals surface area contributed by atoms with Crippen LogP contribution in [-0.2, 0) is 12.8 Å². The van der Waals surface area contributed by atoms with Gasteiger partial charge in [0.05, 0.1) is 30.0 Å². The fourth-order valence-corrected chi connectivity index (χ4v) is 2.57. The van der Waals surface area contributed by atoms with Crippen LogP contribution in [0.3, 0.4) is 0 Å². The topological polar surface area (TPSA) is 85.8 Å². The number of tetrazole rings is 1. The van der Waals surface area contributed by atoms with Crippen LogP contribution in [0.5, 0.6) is 11.5 Å². The standard InChI is InChI=1S/C17H11ClF3N5O2/c1-27-15-6-10(8-22)2-5-14(15)28-9-16-23-24-25-26(16)13-4-3-11(18)7-12(13)17(19,20)21/h2-7H,9H2,1H3. The maximum Gasteiger partial charge on any atom is 0.418 e. The molecule has 7 nitrogen and oxygen atoms in total. The van der Waals surface area contributed by atoms with Gasteiger partial charge < -0.3 is 9.47 Å². The summed E-state index contributed by atoms with van der Waals surface area (Å²) < 4.78 is 51.7. The molecule has 11 heteroatoms. The van der Waals surface area contributed by atoms with Gasteiger partial charge in [0.25, 0.3) is 0 Å². The van der Waals surface area contributed by atoms with E-state index in [4.69, 9.17) is 26.3 Å². The number of halogens is 4. The molecular weight excluding hydrogens is 399 g/mol. The number of aromatic nitrogens is 4. The van der Waals surface area contributed by atoms with Gasteiger partial charge in [0.2, 0.25) is 0 Å². The molecule has 1 heterocycles. The zero-order valence-corrected chi connectivity index (χ0v) is 15.0. The smallest absolute Gasteiger partial charge is 0.418 e. The van der Waals surface area contributed by atoms with E-state index >= 15 is 0 Å². The van der Waals surface area contributed by atoms with Crippen molar-refractivity contribution in [3.8, 4) is 23.3 Å². The minimum absolute atomic E-state index is 0.0271. The Hall–Kier alpha value is -3.32. The molecular formula is C17H11ClF3N5O2.